The van der Waals surface area contributed by atoms with Crippen molar-refractivity contribution < 1.29 is 0 Å². The molecule has 3 aromatic rings. The van der Waals surface area contributed by atoms with Crippen LogP contribution < -0.4 is 0 Å². The Morgan fingerprint density at radius 1 is 1.00 bits per heavy atom. The SMILES string of the molecule is Brc1cccc2c1[nH]c1ccc(C3=CCCC=C3)cc12. The minimum absolute atomic E-state index is 1.12. The Morgan fingerprint density at radius 3 is 2.80 bits per heavy atom. The maximum absolute atomic E-state index is 3.62. The first-order valence-electron chi connectivity index (χ1n) is 6.90. The van der Waals surface area contributed by atoms with Crippen molar-refractivity contribution in [3.05, 3.63) is 64.7 Å². The molecule has 2 heteroatoms. The molecule has 4 rings (SSSR count). The number of allylic oxidation sites excluding steroid dienone is 4. The van der Waals surface area contributed by atoms with Gasteiger partial charge in [-0.3, -0.25) is 0 Å². The van der Waals surface area contributed by atoms with Crippen molar-refractivity contribution in [2.75, 3.05) is 0 Å². The predicted molar refractivity (Wildman–Crippen MR) is 89.9 cm³/mol. The highest BCUT2D eigenvalue weighted by atomic mass is 79.9. The summed E-state index contributed by atoms with van der Waals surface area (Å²) in [6.07, 6.45) is 9.11. The molecular weight excluding hydrogens is 310 g/mol. The second-order valence-corrected chi connectivity index (χ2v) is 6.04. The molecule has 98 valence electrons. The minimum Gasteiger partial charge on any atom is -0.354 e. The number of aromatic amines is 1. The summed E-state index contributed by atoms with van der Waals surface area (Å²) >= 11 is 3.62. The highest BCUT2D eigenvalue weighted by molar-refractivity contribution is 9.10. The largest absolute Gasteiger partial charge is 0.354 e. The molecule has 0 saturated heterocycles. The van der Waals surface area contributed by atoms with E-state index in [1.807, 2.05) is 0 Å². The first-order valence-corrected chi connectivity index (χ1v) is 7.69. The monoisotopic (exact) mass is 323 g/mol. The second-order valence-electron chi connectivity index (χ2n) is 5.19. The van der Waals surface area contributed by atoms with Crippen LogP contribution in [0.5, 0.6) is 0 Å². The molecule has 1 aliphatic rings. The number of hydrogen-bond donors (Lipinski definition) is 1. The van der Waals surface area contributed by atoms with E-state index in [9.17, 15) is 0 Å². The molecule has 0 amide bonds. The number of aromatic nitrogens is 1. The molecule has 0 bridgehead atoms. The highest BCUT2D eigenvalue weighted by Crippen LogP contribution is 2.32. The van der Waals surface area contributed by atoms with E-state index in [2.05, 4.69) is 75.5 Å². The van der Waals surface area contributed by atoms with Crippen molar-refractivity contribution >= 4 is 43.3 Å². The summed E-state index contributed by atoms with van der Waals surface area (Å²) in [5, 5.41) is 2.57. The standard InChI is InChI=1S/C18H14BrN/c19-16-8-4-7-14-15-11-13(12-5-2-1-3-6-12)9-10-17(15)20-18(14)16/h2,4-11,20H,1,3H2. The zero-order valence-electron chi connectivity index (χ0n) is 11.0. The van der Waals surface area contributed by atoms with Crippen LogP contribution in [0.25, 0.3) is 27.4 Å². The molecule has 20 heavy (non-hydrogen) atoms. The van der Waals surface area contributed by atoms with E-state index in [4.69, 9.17) is 0 Å². The van der Waals surface area contributed by atoms with Crippen molar-refractivity contribution in [2.45, 2.75) is 12.8 Å². The number of benzene rings is 2. The fourth-order valence-electron chi connectivity index (χ4n) is 2.89. The number of halogens is 1. The fourth-order valence-corrected chi connectivity index (χ4v) is 3.36. The van der Waals surface area contributed by atoms with Gasteiger partial charge in [-0.05, 0) is 58.1 Å². The molecular formula is C18H14BrN. The number of para-hydroxylation sites is 1. The van der Waals surface area contributed by atoms with Gasteiger partial charge >= 0.3 is 0 Å². The van der Waals surface area contributed by atoms with Gasteiger partial charge in [0, 0.05) is 20.8 Å². The molecule has 0 radical (unpaired) electrons. The zero-order chi connectivity index (χ0) is 13.5. The number of rotatable bonds is 1. The van der Waals surface area contributed by atoms with Gasteiger partial charge in [0.25, 0.3) is 0 Å². The van der Waals surface area contributed by atoms with Gasteiger partial charge in [-0.15, -0.1) is 0 Å². The van der Waals surface area contributed by atoms with Gasteiger partial charge in [0.2, 0.25) is 0 Å². The summed E-state index contributed by atoms with van der Waals surface area (Å²) in [5.74, 6) is 0. The third kappa shape index (κ3) is 1.83. The summed E-state index contributed by atoms with van der Waals surface area (Å²) in [6.45, 7) is 0. The van der Waals surface area contributed by atoms with Gasteiger partial charge in [0.15, 0.2) is 0 Å². The molecule has 0 atom stereocenters. The number of fused-ring (bicyclic) bond motifs is 3. The van der Waals surface area contributed by atoms with Gasteiger partial charge in [-0.1, -0.05) is 36.4 Å². The van der Waals surface area contributed by atoms with E-state index in [0.29, 0.717) is 0 Å². The molecule has 2 aromatic carbocycles. The maximum Gasteiger partial charge on any atom is 0.0609 e. The van der Waals surface area contributed by atoms with Crippen LogP contribution in [0.4, 0.5) is 0 Å². The number of hydrogen-bond acceptors (Lipinski definition) is 0. The summed E-state index contributed by atoms with van der Waals surface area (Å²) in [7, 11) is 0. The van der Waals surface area contributed by atoms with Gasteiger partial charge in [0.05, 0.1) is 5.52 Å². The van der Waals surface area contributed by atoms with Crippen LogP contribution in [0.3, 0.4) is 0 Å². The molecule has 1 heterocycles. The van der Waals surface area contributed by atoms with Crippen molar-refractivity contribution in [2.24, 2.45) is 0 Å². The Kier molecular flexibility index (Phi) is 2.78. The lowest BCUT2D eigenvalue weighted by atomic mass is 9.98. The van der Waals surface area contributed by atoms with Crippen molar-refractivity contribution in [3.8, 4) is 0 Å². The number of H-pyrrole nitrogens is 1. The van der Waals surface area contributed by atoms with Crippen LogP contribution in [0.15, 0.2) is 59.1 Å². The summed E-state index contributed by atoms with van der Waals surface area (Å²) in [6, 6.07) is 13.0. The average molecular weight is 324 g/mol. The normalized spacial score (nSPS) is 14.9. The average Bonchev–Trinajstić information content (AvgIpc) is 2.88. The van der Waals surface area contributed by atoms with Crippen LogP contribution >= 0.6 is 15.9 Å². The lowest BCUT2D eigenvalue weighted by Gasteiger charge is -2.07. The minimum atomic E-state index is 1.12. The Bertz CT molecular complexity index is 868. The first-order chi connectivity index (χ1) is 9.83. The topological polar surface area (TPSA) is 15.8 Å². The van der Waals surface area contributed by atoms with Gasteiger partial charge in [-0.25, -0.2) is 0 Å². The molecule has 1 nitrogen and oxygen atoms in total. The van der Waals surface area contributed by atoms with Crippen LogP contribution in [0, 0.1) is 0 Å². The lowest BCUT2D eigenvalue weighted by molar-refractivity contribution is 1.04. The third-order valence-electron chi connectivity index (χ3n) is 3.91. The Morgan fingerprint density at radius 2 is 1.95 bits per heavy atom. The van der Waals surface area contributed by atoms with E-state index in [1.165, 1.54) is 32.9 Å². The molecule has 0 unspecified atom stereocenters. The summed E-state index contributed by atoms with van der Waals surface area (Å²) in [4.78, 5) is 3.49. The van der Waals surface area contributed by atoms with Crippen LogP contribution in [-0.4, -0.2) is 4.98 Å². The summed E-state index contributed by atoms with van der Waals surface area (Å²) in [5.41, 5.74) is 5.00. The first kappa shape index (κ1) is 12.0. The van der Waals surface area contributed by atoms with E-state index in [0.717, 1.165) is 17.3 Å². The Hall–Kier alpha value is -1.80. The molecule has 1 aromatic heterocycles. The van der Waals surface area contributed by atoms with E-state index in [1.54, 1.807) is 0 Å². The Balaban J connectivity index is 1.98. The smallest absolute Gasteiger partial charge is 0.0609 e. The third-order valence-corrected chi connectivity index (χ3v) is 4.57. The van der Waals surface area contributed by atoms with Gasteiger partial charge in [0.1, 0.15) is 0 Å². The van der Waals surface area contributed by atoms with Gasteiger partial charge < -0.3 is 4.98 Å². The second kappa shape index (κ2) is 4.64. The van der Waals surface area contributed by atoms with Crippen LogP contribution in [-0.2, 0) is 0 Å². The van der Waals surface area contributed by atoms with E-state index >= 15 is 0 Å². The molecule has 0 aliphatic heterocycles. The molecule has 1 aliphatic carbocycles. The maximum atomic E-state index is 3.62. The molecule has 0 saturated carbocycles. The van der Waals surface area contributed by atoms with Crippen molar-refractivity contribution in [1.29, 1.82) is 0 Å². The highest BCUT2D eigenvalue weighted by Gasteiger charge is 2.08. The predicted octanol–water partition coefficient (Wildman–Crippen LogP) is 5.82. The molecule has 0 spiro atoms. The fraction of sp³-hybridized carbons (Fsp3) is 0.111. The van der Waals surface area contributed by atoms with Gasteiger partial charge in [-0.2, -0.15) is 0 Å². The van der Waals surface area contributed by atoms with Crippen molar-refractivity contribution in [1.82, 2.24) is 4.98 Å². The van der Waals surface area contributed by atoms with Crippen molar-refractivity contribution in [3.63, 3.8) is 0 Å². The van der Waals surface area contributed by atoms with Crippen LogP contribution in [0.2, 0.25) is 0 Å². The number of nitrogens with one attached hydrogen (secondary N) is 1. The van der Waals surface area contributed by atoms with Crippen LogP contribution in [0.1, 0.15) is 18.4 Å². The molecule has 0 fully saturated rings. The lowest BCUT2D eigenvalue weighted by Crippen LogP contribution is -1.85. The Labute approximate surface area is 126 Å². The van der Waals surface area contributed by atoms with E-state index in [-0.39, 0.29) is 0 Å². The zero-order valence-corrected chi connectivity index (χ0v) is 12.6. The summed E-state index contributed by atoms with van der Waals surface area (Å²) < 4.78 is 1.12. The molecule has 1 N–H and O–H groups in total. The van der Waals surface area contributed by atoms with E-state index < -0.39 is 0 Å². The quantitative estimate of drug-likeness (QED) is 0.581.